The SMILES string of the molecule is CCNC(=O)CN(CC)C(=O)/C=C/c1c(F)cccc1Cl. The van der Waals surface area contributed by atoms with Crippen LogP contribution in [0.2, 0.25) is 5.02 Å². The Labute approximate surface area is 128 Å². The molecule has 4 nitrogen and oxygen atoms in total. The first kappa shape index (κ1) is 17.2. The van der Waals surface area contributed by atoms with Crippen molar-refractivity contribution in [2.75, 3.05) is 19.6 Å². The Morgan fingerprint density at radius 2 is 2.10 bits per heavy atom. The van der Waals surface area contributed by atoms with Crippen LogP contribution in [0.5, 0.6) is 0 Å². The zero-order valence-corrected chi connectivity index (χ0v) is 12.8. The molecule has 21 heavy (non-hydrogen) atoms. The highest BCUT2D eigenvalue weighted by atomic mass is 35.5. The van der Waals surface area contributed by atoms with Gasteiger partial charge in [0.25, 0.3) is 0 Å². The molecule has 0 unspecified atom stereocenters. The summed E-state index contributed by atoms with van der Waals surface area (Å²) in [5.74, 6) is -1.11. The smallest absolute Gasteiger partial charge is 0.247 e. The molecular formula is C15H18ClFN2O2. The van der Waals surface area contributed by atoms with Crippen LogP contribution in [0.4, 0.5) is 4.39 Å². The summed E-state index contributed by atoms with van der Waals surface area (Å²) in [7, 11) is 0. The van der Waals surface area contributed by atoms with Crippen LogP contribution < -0.4 is 5.32 Å². The topological polar surface area (TPSA) is 49.4 Å². The minimum absolute atomic E-state index is 0.0292. The molecule has 0 aliphatic rings. The van der Waals surface area contributed by atoms with Gasteiger partial charge in [-0.3, -0.25) is 9.59 Å². The van der Waals surface area contributed by atoms with Crippen molar-refractivity contribution in [3.63, 3.8) is 0 Å². The first-order chi connectivity index (χ1) is 9.99. The molecular weight excluding hydrogens is 295 g/mol. The van der Waals surface area contributed by atoms with Crippen molar-refractivity contribution in [3.8, 4) is 0 Å². The largest absolute Gasteiger partial charge is 0.355 e. The van der Waals surface area contributed by atoms with Crippen LogP contribution in [0.1, 0.15) is 19.4 Å². The van der Waals surface area contributed by atoms with E-state index in [-0.39, 0.29) is 28.9 Å². The van der Waals surface area contributed by atoms with Crippen molar-refractivity contribution in [1.82, 2.24) is 10.2 Å². The molecule has 0 atom stereocenters. The third kappa shape index (κ3) is 5.19. The average Bonchev–Trinajstić information content (AvgIpc) is 2.44. The molecule has 2 amide bonds. The second kappa shape index (κ2) is 8.42. The van der Waals surface area contributed by atoms with E-state index in [1.807, 2.05) is 0 Å². The number of likely N-dealkylation sites (N-methyl/N-ethyl adjacent to an activating group) is 2. The van der Waals surface area contributed by atoms with E-state index in [0.717, 1.165) is 0 Å². The maximum absolute atomic E-state index is 13.6. The highest BCUT2D eigenvalue weighted by Gasteiger charge is 2.13. The van der Waals surface area contributed by atoms with Crippen LogP contribution in [0.3, 0.4) is 0 Å². The Bertz CT molecular complexity index is 526. The van der Waals surface area contributed by atoms with Gasteiger partial charge in [0.05, 0.1) is 11.6 Å². The highest BCUT2D eigenvalue weighted by Crippen LogP contribution is 2.20. The van der Waals surface area contributed by atoms with Crippen LogP contribution >= 0.6 is 11.6 Å². The number of rotatable bonds is 6. The lowest BCUT2D eigenvalue weighted by Gasteiger charge is -2.18. The number of hydrogen-bond donors (Lipinski definition) is 1. The minimum atomic E-state index is -0.502. The van der Waals surface area contributed by atoms with Crippen LogP contribution in [0, 0.1) is 5.82 Å². The second-order valence-electron chi connectivity index (χ2n) is 4.27. The fourth-order valence-electron chi connectivity index (χ4n) is 1.70. The van der Waals surface area contributed by atoms with Crippen molar-refractivity contribution in [3.05, 3.63) is 40.7 Å². The number of halogens is 2. The number of hydrogen-bond acceptors (Lipinski definition) is 2. The lowest BCUT2D eigenvalue weighted by Crippen LogP contribution is -2.39. The average molecular weight is 313 g/mol. The summed E-state index contributed by atoms with van der Waals surface area (Å²) in [4.78, 5) is 24.8. The minimum Gasteiger partial charge on any atom is -0.355 e. The van der Waals surface area contributed by atoms with E-state index < -0.39 is 5.82 Å². The normalized spacial score (nSPS) is 10.7. The number of nitrogens with one attached hydrogen (secondary N) is 1. The number of benzene rings is 1. The van der Waals surface area contributed by atoms with Gasteiger partial charge in [-0.05, 0) is 32.1 Å². The lowest BCUT2D eigenvalue weighted by atomic mass is 10.2. The molecule has 0 saturated carbocycles. The summed E-state index contributed by atoms with van der Waals surface area (Å²) in [6, 6.07) is 4.30. The molecule has 0 spiro atoms. The van der Waals surface area contributed by atoms with Gasteiger partial charge >= 0.3 is 0 Å². The van der Waals surface area contributed by atoms with Crippen LogP contribution in [0.25, 0.3) is 6.08 Å². The second-order valence-corrected chi connectivity index (χ2v) is 4.68. The third-order valence-corrected chi connectivity index (χ3v) is 3.12. The van der Waals surface area contributed by atoms with Gasteiger partial charge in [0.2, 0.25) is 11.8 Å². The van der Waals surface area contributed by atoms with Crippen LogP contribution in [0.15, 0.2) is 24.3 Å². The Morgan fingerprint density at radius 3 is 2.67 bits per heavy atom. The Kier molecular flexibility index (Phi) is 6.88. The van der Waals surface area contributed by atoms with E-state index in [1.165, 1.54) is 29.2 Å². The Balaban J connectivity index is 2.78. The summed E-state index contributed by atoms with van der Waals surface area (Å²) < 4.78 is 13.6. The van der Waals surface area contributed by atoms with Gasteiger partial charge in [0, 0.05) is 24.7 Å². The fraction of sp³-hybridized carbons (Fsp3) is 0.333. The number of nitrogens with zero attached hydrogens (tertiary/aromatic N) is 1. The number of amides is 2. The molecule has 1 rings (SSSR count). The first-order valence-corrected chi connectivity index (χ1v) is 7.05. The standard InChI is InChI=1S/C15H18ClFN2O2/c1-3-18-14(20)10-19(4-2)15(21)9-8-11-12(16)6-5-7-13(11)17/h5-9H,3-4,10H2,1-2H3,(H,18,20)/b9-8+. The molecule has 1 aromatic rings. The monoisotopic (exact) mass is 312 g/mol. The maximum Gasteiger partial charge on any atom is 0.247 e. The van der Waals surface area contributed by atoms with Crippen molar-refractivity contribution < 1.29 is 14.0 Å². The summed E-state index contributed by atoms with van der Waals surface area (Å²) in [5.41, 5.74) is 0.154. The third-order valence-electron chi connectivity index (χ3n) is 2.79. The van der Waals surface area contributed by atoms with E-state index in [1.54, 1.807) is 19.9 Å². The molecule has 1 N–H and O–H groups in total. The van der Waals surface area contributed by atoms with Gasteiger partial charge in [-0.25, -0.2) is 4.39 Å². The number of carbonyl (C=O) groups excluding carboxylic acids is 2. The van der Waals surface area contributed by atoms with Gasteiger partial charge in [0.1, 0.15) is 5.82 Å². The molecule has 0 bridgehead atoms. The van der Waals surface area contributed by atoms with E-state index in [0.29, 0.717) is 13.1 Å². The van der Waals surface area contributed by atoms with Gasteiger partial charge in [-0.2, -0.15) is 0 Å². The molecule has 114 valence electrons. The van der Waals surface area contributed by atoms with Gasteiger partial charge in [0.15, 0.2) is 0 Å². The Hall–Kier alpha value is -1.88. The summed E-state index contributed by atoms with van der Waals surface area (Å²) in [6.07, 6.45) is 2.54. The maximum atomic E-state index is 13.6. The van der Waals surface area contributed by atoms with Gasteiger partial charge in [-0.1, -0.05) is 17.7 Å². The van der Waals surface area contributed by atoms with E-state index in [9.17, 15) is 14.0 Å². The molecule has 1 aromatic carbocycles. The fourth-order valence-corrected chi connectivity index (χ4v) is 1.93. The van der Waals surface area contributed by atoms with E-state index >= 15 is 0 Å². The Morgan fingerprint density at radius 1 is 1.38 bits per heavy atom. The van der Waals surface area contributed by atoms with E-state index in [2.05, 4.69) is 5.32 Å². The van der Waals surface area contributed by atoms with E-state index in [4.69, 9.17) is 11.6 Å². The molecule has 0 fully saturated rings. The van der Waals surface area contributed by atoms with Crippen LogP contribution in [-0.4, -0.2) is 36.3 Å². The van der Waals surface area contributed by atoms with Crippen molar-refractivity contribution >= 4 is 29.5 Å². The van der Waals surface area contributed by atoms with Gasteiger partial charge in [-0.15, -0.1) is 0 Å². The molecule has 0 aromatic heterocycles. The predicted octanol–water partition coefficient (Wildman–Crippen LogP) is 2.48. The first-order valence-electron chi connectivity index (χ1n) is 6.67. The van der Waals surface area contributed by atoms with Gasteiger partial charge < -0.3 is 10.2 Å². The zero-order valence-electron chi connectivity index (χ0n) is 12.0. The molecule has 0 aliphatic carbocycles. The molecule has 0 saturated heterocycles. The van der Waals surface area contributed by atoms with Crippen LogP contribution in [-0.2, 0) is 9.59 Å². The molecule has 0 aliphatic heterocycles. The van der Waals surface area contributed by atoms with Crippen molar-refractivity contribution in [2.24, 2.45) is 0 Å². The molecule has 0 heterocycles. The quantitative estimate of drug-likeness (QED) is 0.820. The lowest BCUT2D eigenvalue weighted by molar-refractivity contribution is -0.132. The zero-order chi connectivity index (χ0) is 15.8. The highest BCUT2D eigenvalue weighted by molar-refractivity contribution is 6.32. The summed E-state index contributed by atoms with van der Waals surface area (Å²) in [6.45, 7) is 4.42. The summed E-state index contributed by atoms with van der Waals surface area (Å²) >= 11 is 5.87. The molecule has 6 heteroatoms. The van der Waals surface area contributed by atoms with Crippen molar-refractivity contribution in [2.45, 2.75) is 13.8 Å². The summed E-state index contributed by atoms with van der Waals surface area (Å²) in [5, 5.41) is 2.85. The molecule has 0 radical (unpaired) electrons. The number of carbonyl (C=O) groups is 2. The predicted molar refractivity (Wildman–Crippen MR) is 81.4 cm³/mol. The van der Waals surface area contributed by atoms with Crippen molar-refractivity contribution in [1.29, 1.82) is 0 Å².